The average Bonchev–Trinajstić information content (AvgIpc) is 2.29. The van der Waals surface area contributed by atoms with Crippen molar-refractivity contribution in [2.24, 2.45) is 17.4 Å². The number of anilines is 1. The van der Waals surface area contributed by atoms with Crippen LogP contribution in [0, 0.1) is 11.7 Å². The molecule has 98 valence electrons. The predicted octanol–water partition coefficient (Wildman–Crippen LogP) is 0.846. The van der Waals surface area contributed by atoms with E-state index in [-0.39, 0.29) is 17.2 Å². The van der Waals surface area contributed by atoms with Crippen LogP contribution >= 0.6 is 0 Å². The summed E-state index contributed by atoms with van der Waals surface area (Å²) in [4.78, 5) is 22.6. The Kier molecular flexibility index (Phi) is 4.38. The Morgan fingerprint density at radius 1 is 1.33 bits per heavy atom. The number of benzene rings is 1. The maximum atomic E-state index is 13.2. The summed E-state index contributed by atoms with van der Waals surface area (Å²) < 4.78 is 13.2. The van der Waals surface area contributed by atoms with Gasteiger partial charge in [0.15, 0.2) is 0 Å². The van der Waals surface area contributed by atoms with Crippen molar-refractivity contribution in [1.29, 1.82) is 0 Å². The van der Waals surface area contributed by atoms with Crippen LogP contribution in [0.3, 0.4) is 0 Å². The van der Waals surface area contributed by atoms with Gasteiger partial charge in [0.2, 0.25) is 5.91 Å². The molecule has 5 nitrogen and oxygen atoms in total. The van der Waals surface area contributed by atoms with Gasteiger partial charge in [0.05, 0.1) is 11.6 Å². The molecule has 2 amide bonds. The number of primary amides is 1. The van der Waals surface area contributed by atoms with Gasteiger partial charge in [-0.2, -0.15) is 0 Å². The highest BCUT2D eigenvalue weighted by atomic mass is 19.1. The lowest BCUT2D eigenvalue weighted by molar-refractivity contribution is -0.118. The molecule has 0 saturated heterocycles. The molecular weight excluding hydrogens is 237 g/mol. The summed E-state index contributed by atoms with van der Waals surface area (Å²) in [5, 5.41) is 2.51. The van der Waals surface area contributed by atoms with Crippen molar-refractivity contribution in [3.63, 3.8) is 0 Å². The fraction of sp³-hybridized carbons (Fsp3) is 0.333. The maximum absolute atomic E-state index is 13.2. The van der Waals surface area contributed by atoms with Gasteiger partial charge >= 0.3 is 0 Å². The highest BCUT2D eigenvalue weighted by Gasteiger charge is 2.18. The van der Waals surface area contributed by atoms with Crippen LogP contribution in [-0.4, -0.2) is 17.9 Å². The van der Waals surface area contributed by atoms with Crippen LogP contribution in [0.15, 0.2) is 18.2 Å². The quantitative estimate of drug-likeness (QED) is 0.741. The zero-order chi connectivity index (χ0) is 13.9. The lowest BCUT2D eigenvalue weighted by atomic mass is 10.0. The molecule has 0 aromatic heterocycles. The third-order valence-electron chi connectivity index (χ3n) is 2.52. The van der Waals surface area contributed by atoms with Crippen molar-refractivity contribution in [3.8, 4) is 0 Å². The first kappa shape index (κ1) is 14.1. The van der Waals surface area contributed by atoms with Gasteiger partial charge in [-0.15, -0.1) is 0 Å². The zero-order valence-corrected chi connectivity index (χ0v) is 10.2. The SMILES string of the molecule is CC(C)C(N)C(=O)Nc1ccc(F)c(C(N)=O)c1. The largest absolute Gasteiger partial charge is 0.366 e. The molecule has 1 rings (SSSR count). The maximum Gasteiger partial charge on any atom is 0.251 e. The van der Waals surface area contributed by atoms with Crippen molar-refractivity contribution in [2.45, 2.75) is 19.9 Å². The van der Waals surface area contributed by atoms with Gasteiger partial charge in [-0.25, -0.2) is 4.39 Å². The molecule has 1 aromatic carbocycles. The second-order valence-corrected chi connectivity index (χ2v) is 4.32. The van der Waals surface area contributed by atoms with Gasteiger partial charge in [0.25, 0.3) is 5.91 Å². The van der Waals surface area contributed by atoms with Crippen LogP contribution in [0.1, 0.15) is 24.2 Å². The molecule has 18 heavy (non-hydrogen) atoms. The molecule has 5 N–H and O–H groups in total. The molecule has 0 bridgehead atoms. The van der Waals surface area contributed by atoms with E-state index in [9.17, 15) is 14.0 Å². The van der Waals surface area contributed by atoms with E-state index in [0.717, 1.165) is 6.07 Å². The van der Waals surface area contributed by atoms with Crippen LogP contribution < -0.4 is 16.8 Å². The number of carbonyl (C=O) groups excluding carboxylic acids is 2. The van der Waals surface area contributed by atoms with Crippen molar-refractivity contribution in [3.05, 3.63) is 29.6 Å². The molecule has 0 fully saturated rings. The van der Waals surface area contributed by atoms with Gasteiger partial charge in [-0.1, -0.05) is 13.8 Å². The van der Waals surface area contributed by atoms with E-state index in [2.05, 4.69) is 5.32 Å². The monoisotopic (exact) mass is 253 g/mol. The second-order valence-electron chi connectivity index (χ2n) is 4.32. The van der Waals surface area contributed by atoms with Crippen molar-refractivity contribution in [2.75, 3.05) is 5.32 Å². The van der Waals surface area contributed by atoms with E-state index >= 15 is 0 Å². The third-order valence-corrected chi connectivity index (χ3v) is 2.52. The summed E-state index contributed by atoms with van der Waals surface area (Å²) in [6.45, 7) is 3.62. The summed E-state index contributed by atoms with van der Waals surface area (Å²) in [6.07, 6.45) is 0. The predicted molar refractivity (Wildman–Crippen MR) is 66.4 cm³/mol. The average molecular weight is 253 g/mol. The second kappa shape index (κ2) is 5.59. The number of amides is 2. The highest BCUT2D eigenvalue weighted by molar-refractivity contribution is 5.98. The number of nitrogens with one attached hydrogen (secondary N) is 1. The van der Waals surface area contributed by atoms with Crippen molar-refractivity contribution < 1.29 is 14.0 Å². The number of hydrogen-bond donors (Lipinski definition) is 3. The molecular formula is C12H16FN3O2. The minimum atomic E-state index is -0.892. The molecule has 0 radical (unpaired) electrons. The fourth-order valence-electron chi connectivity index (χ4n) is 1.32. The number of halogens is 1. The standard InChI is InChI=1S/C12H16FN3O2/c1-6(2)10(14)12(18)16-7-3-4-9(13)8(5-7)11(15)17/h3-6,10H,14H2,1-2H3,(H2,15,17)(H,16,18). The Bertz CT molecular complexity index is 474. The number of carbonyl (C=O) groups is 2. The molecule has 0 aliphatic rings. The van der Waals surface area contributed by atoms with E-state index < -0.39 is 23.7 Å². The molecule has 6 heteroatoms. The normalized spacial score (nSPS) is 12.3. The molecule has 0 saturated carbocycles. The molecule has 1 aromatic rings. The summed E-state index contributed by atoms with van der Waals surface area (Å²) in [5.74, 6) is -2.04. The van der Waals surface area contributed by atoms with E-state index in [4.69, 9.17) is 11.5 Å². The first-order chi connectivity index (χ1) is 8.32. The smallest absolute Gasteiger partial charge is 0.251 e. The Balaban J connectivity index is 2.89. The lowest BCUT2D eigenvalue weighted by Crippen LogP contribution is -2.39. The number of nitrogens with two attached hydrogens (primary N) is 2. The van der Waals surface area contributed by atoms with E-state index in [1.807, 2.05) is 13.8 Å². The number of rotatable bonds is 4. The summed E-state index contributed by atoms with van der Waals surface area (Å²) in [7, 11) is 0. The van der Waals surface area contributed by atoms with Gasteiger partial charge in [-0.3, -0.25) is 9.59 Å². The van der Waals surface area contributed by atoms with Crippen LogP contribution in [0.2, 0.25) is 0 Å². The van der Waals surface area contributed by atoms with E-state index in [1.165, 1.54) is 12.1 Å². The summed E-state index contributed by atoms with van der Waals surface area (Å²) in [5.41, 5.74) is 10.7. The van der Waals surface area contributed by atoms with E-state index in [0.29, 0.717) is 0 Å². The van der Waals surface area contributed by atoms with Crippen LogP contribution in [-0.2, 0) is 4.79 Å². The van der Waals surface area contributed by atoms with E-state index in [1.54, 1.807) is 0 Å². The molecule has 0 aliphatic carbocycles. The highest BCUT2D eigenvalue weighted by Crippen LogP contribution is 2.15. The van der Waals surface area contributed by atoms with Crippen LogP contribution in [0.5, 0.6) is 0 Å². The molecule has 0 heterocycles. The summed E-state index contributed by atoms with van der Waals surface area (Å²) >= 11 is 0. The molecule has 0 aliphatic heterocycles. The van der Waals surface area contributed by atoms with Crippen molar-refractivity contribution in [1.82, 2.24) is 0 Å². The van der Waals surface area contributed by atoms with Crippen molar-refractivity contribution >= 4 is 17.5 Å². The van der Waals surface area contributed by atoms with Crippen LogP contribution in [0.4, 0.5) is 10.1 Å². The van der Waals surface area contributed by atoms with Gasteiger partial charge in [0, 0.05) is 5.69 Å². The minimum absolute atomic E-state index is 0.0268. The fourth-order valence-corrected chi connectivity index (χ4v) is 1.32. The Hall–Kier alpha value is -1.95. The zero-order valence-electron chi connectivity index (χ0n) is 10.2. The van der Waals surface area contributed by atoms with Gasteiger partial charge in [-0.05, 0) is 24.1 Å². The Labute approximate surface area is 104 Å². The topological polar surface area (TPSA) is 98.2 Å². The molecule has 0 spiro atoms. The molecule has 1 unspecified atom stereocenters. The minimum Gasteiger partial charge on any atom is -0.366 e. The first-order valence-corrected chi connectivity index (χ1v) is 5.48. The lowest BCUT2D eigenvalue weighted by Gasteiger charge is -2.15. The molecule has 1 atom stereocenters. The number of hydrogen-bond acceptors (Lipinski definition) is 3. The third kappa shape index (κ3) is 3.27. The van der Waals surface area contributed by atoms with Crippen LogP contribution in [0.25, 0.3) is 0 Å². The summed E-state index contributed by atoms with van der Waals surface area (Å²) in [6, 6.07) is 2.92. The van der Waals surface area contributed by atoms with Gasteiger partial charge < -0.3 is 16.8 Å². The Morgan fingerprint density at radius 3 is 2.44 bits per heavy atom. The van der Waals surface area contributed by atoms with Gasteiger partial charge in [0.1, 0.15) is 5.82 Å². The Morgan fingerprint density at radius 2 is 1.94 bits per heavy atom. The first-order valence-electron chi connectivity index (χ1n) is 5.48.